The number of hydrogen-bond acceptors (Lipinski definition) is 5. The predicted molar refractivity (Wildman–Crippen MR) is 107 cm³/mol. The Morgan fingerprint density at radius 1 is 1.29 bits per heavy atom. The van der Waals surface area contributed by atoms with Gasteiger partial charge in [0.05, 0.1) is 15.2 Å². The smallest absolute Gasteiger partial charge is 0.326 e. The molecule has 2 fully saturated rings. The predicted octanol–water partition coefficient (Wildman–Crippen LogP) is 2.68. The van der Waals surface area contributed by atoms with Gasteiger partial charge in [0.1, 0.15) is 6.54 Å². The molecule has 1 aromatic heterocycles. The number of urea groups is 1. The fourth-order valence-corrected chi connectivity index (χ4v) is 5.00. The number of benzene rings is 1. The Kier molecular flexibility index (Phi) is 5.30. The number of piperidine rings is 1. The van der Waals surface area contributed by atoms with Gasteiger partial charge in [-0.3, -0.25) is 14.5 Å². The number of fused-ring (bicyclic) bond motifs is 1. The molecule has 148 valence electrons. The second kappa shape index (κ2) is 7.87. The van der Waals surface area contributed by atoms with Gasteiger partial charge in [0.2, 0.25) is 11.8 Å². The first kappa shape index (κ1) is 18.9. The van der Waals surface area contributed by atoms with Gasteiger partial charge >= 0.3 is 6.03 Å². The van der Waals surface area contributed by atoms with Gasteiger partial charge in [-0.05, 0) is 31.4 Å². The lowest BCUT2D eigenvalue weighted by atomic mass is 9.98. The number of aromatic nitrogens is 1. The number of thiazole rings is 1. The van der Waals surface area contributed by atoms with E-state index < -0.39 is 0 Å². The van der Waals surface area contributed by atoms with Gasteiger partial charge in [-0.1, -0.05) is 12.1 Å². The Hall–Kier alpha value is -2.48. The maximum absolute atomic E-state index is 12.7. The number of likely N-dealkylation sites (tertiary alicyclic amines) is 1. The summed E-state index contributed by atoms with van der Waals surface area (Å²) in [7, 11) is 1.61. The van der Waals surface area contributed by atoms with E-state index in [0.29, 0.717) is 25.9 Å². The van der Waals surface area contributed by atoms with Crippen LogP contribution in [0.5, 0.6) is 0 Å². The highest BCUT2D eigenvalue weighted by Gasteiger charge is 2.33. The Balaban J connectivity index is 1.32. The van der Waals surface area contributed by atoms with Crippen LogP contribution in [0.1, 0.15) is 36.6 Å². The van der Waals surface area contributed by atoms with Crippen LogP contribution < -0.4 is 0 Å². The lowest BCUT2D eigenvalue weighted by molar-refractivity contribution is -0.133. The van der Waals surface area contributed by atoms with Gasteiger partial charge in [-0.2, -0.15) is 0 Å². The largest absolute Gasteiger partial charge is 0.342 e. The standard InChI is InChI=1S/C20H24N4O3S/c1-22-13-18(26)24(20(22)27)11-5-9-17(25)23-10-4-6-14(12-23)19-21-15-7-2-3-8-16(15)28-19/h2-3,7-8,14H,4-6,9-13H2,1H3/t14-/m0/s1. The second-order valence-electron chi connectivity index (χ2n) is 7.49. The number of nitrogens with zero attached hydrogens (tertiary/aromatic N) is 4. The van der Waals surface area contributed by atoms with Crippen LogP contribution in [0.4, 0.5) is 4.79 Å². The number of likely N-dealkylation sites (N-methyl/N-ethyl adjacent to an activating group) is 1. The molecule has 2 saturated heterocycles. The van der Waals surface area contributed by atoms with Crippen LogP contribution in [0.25, 0.3) is 10.2 Å². The number of para-hydroxylation sites is 1. The molecule has 8 heteroatoms. The quantitative estimate of drug-likeness (QED) is 0.724. The van der Waals surface area contributed by atoms with Crippen molar-refractivity contribution in [2.24, 2.45) is 0 Å². The molecule has 1 aromatic carbocycles. The maximum Gasteiger partial charge on any atom is 0.326 e. The van der Waals surface area contributed by atoms with E-state index in [-0.39, 0.29) is 30.3 Å². The van der Waals surface area contributed by atoms with Crippen molar-refractivity contribution in [3.8, 4) is 0 Å². The number of carbonyl (C=O) groups excluding carboxylic acids is 3. The van der Waals surface area contributed by atoms with Crippen LogP contribution >= 0.6 is 11.3 Å². The summed E-state index contributed by atoms with van der Waals surface area (Å²) in [6.45, 7) is 1.90. The molecule has 3 heterocycles. The lowest BCUT2D eigenvalue weighted by Gasteiger charge is -2.32. The van der Waals surface area contributed by atoms with Gasteiger partial charge in [0.15, 0.2) is 0 Å². The molecule has 0 radical (unpaired) electrons. The SMILES string of the molecule is CN1CC(=O)N(CCCC(=O)N2CCC[C@H](c3nc4ccccc4s3)C2)C1=O. The number of rotatable bonds is 5. The van der Waals surface area contributed by atoms with Crippen molar-refractivity contribution in [3.63, 3.8) is 0 Å². The van der Waals surface area contributed by atoms with Crippen LogP contribution in [-0.2, 0) is 9.59 Å². The number of hydrogen-bond donors (Lipinski definition) is 0. The summed E-state index contributed by atoms with van der Waals surface area (Å²) in [5.74, 6) is 0.192. The van der Waals surface area contributed by atoms with Crippen LogP contribution in [0.3, 0.4) is 0 Å². The topological polar surface area (TPSA) is 73.8 Å². The van der Waals surface area contributed by atoms with Gasteiger partial charge < -0.3 is 9.80 Å². The zero-order valence-corrected chi connectivity index (χ0v) is 16.8. The molecule has 0 saturated carbocycles. The number of amides is 4. The minimum atomic E-state index is -0.272. The third-order valence-corrected chi connectivity index (χ3v) is 6.64. The normalized spacial score (nSPS) is 20.5. The molecule has 2 aliphatic heterocycles. The van der Waals surface area contributed by atoms with Gasteiger partial charge in [0, 0.05) is 39.0 Å². The molecule has 2 aliphatic rings. The van der Waals surface area contributed by atoms with Crippen molar-refractivity contribution in [1.82, 2.24) is 19.7 Å². The summed E-state index contributed by atoms with van der Waals surface area (Å²) >= 11 is 1.72. The van der Waals surface area contributed by atoms with Crippen LogP contribution in [0, 0.1) is 0 Å². The molecule has 28 heavy (non-hydrogen) atoms. The third kappa shape index (κ3) is 3.73. The van der Waals surface area contributed by atoms with E-state index in [1.807, 2.05) is 23.1 Å². The van der Waals surface area contributed by atoms with Crippen molar-refractivity contribution >= 4 is 39.4 Å². The highest BCUT2D eigenvalue weighted by molar-refractivity contribution is 7.18. The summed E-state index contributed by atoms with van der Waals surface area (Å²) in [4.78, 5) is 45.7. The molecule has 0 aliphatic carbocycles. The summed E-state index contributed by atoms with van der Waals surface area (Å²) in [5.41, 5.74) is 1.02. The van der Waals surface area contributed by atoms with Crippen molar-refractivity contribution in [2.75, 3.05) is 33.2 Å². The summed E-state index contributed by atoms with van der Waals surface area (Å²) in [5, 5.41) is 1.11. The van der Waals surface area contributed by atoms with Crippen LogP contribution in [0.15, 0.2) is 24.3 Å². The van der Waals surface area contributed by atoms with Gasteiger partial charge in [-0.15, -0.1) is 11.3 Å². The van der Waals surface area contributed by atoms with E-state index in [2.05, 4.69) is 6.07 Å². The number of carbonyl (C=O) groups is 3. The Labute approximate surface area is 167 Å². The van der Waals surface area contributed by atoms with Crippen LogP contribution in [0.2, 0.25) is 0 Å². The molecule has 0 N–H and O–H groups in total. The van der Waals surface area contributed by atoms with E-state index >= 15 is 0 Å². The zero-order valence-electron chi connectivity index (χ0n) is 16.0. The molecule has 0 spiro atoms. The molecule has 0 bridgehead atoms. The minimum absolute atomic E-state index is 0.0956. The van der Waals surface area contributed by atoms with Crippen molar-refractivity contribution < 1.29 is 14.4 Å². The van der Waals surface area contributed by atoms with Gasteiger partial charge in [0.25, 0.3) is 0 Å². The average molecular weight is 401 g/mol. The molecule has 4 amide bonds. The van der Waals surface area contributed by atoms with Crippen molar-refractivity contribution in [3.05, 3.63) is 29.3 Å². The van der Waals surface area contributed by atoms with Crippen molar-refractivity contribution in [2.45, 2.75) is 31.6 Å². The molecule has 2 aromatic rings. The Morgan fingerprint density at radius 3 is 2.86 bits per heavy atom. The number of imide groups is 1. The third-order valence-electron chi connectivity index (χ3n) is 5.44. The summed E-state index contributed by atoms with van der Waals surface area (Å²) in [6.07, 6.45) is 2.88. The average Bonchev–Trinajstić information content (AvgIpc) is 3.24. The molecular formula is C20H24N4O3S. The van der Waals surface area contributed by atoms with E-state index in [1.165, 1.54) is 14.5 Å². The minimum Gasteiger partial charge on any atom is -0.342 e. The molecule has 4 rings (SSSR count). The maximum atomic E-state index is 12.7. The Bertz CT molecular complexity index is 879. The Morgan fingerprint density at radius 2 is 2.11 bits per heavy atom. The molecule has 1 atom stereocenters. The summed E-state index contributed by atoms with van der Waals surface area (Å²) in [6, 6.07) is 7.86. The van der Waals surface area contributed by atoms with E-state index in [9.17, 15) is 14.4 Å². The fraction of sp³-hybridized carbons (Fsp3) is 0.500. The highest BCUT2D eigenvalue weighted by atomic mass is 32.1. The van der Waals surface area contributed by atoms with E-state index in [1.54, 1.807) is 18.4 Å². The first-order valence-corrected chi connectivity index (χ1v) is 10.5. The molecule has 7 nitrogen and oxygen atoms in total. The first-order valence-electron chi connectivity index (χ1n) is 9.71. The van der Waals surface area contributed by atoms with E-state index in [4.69, 9.17) is 4.98 Å². The van der Waals surface area contributed by atoms with Crippen molar-refractivity contribution in [1.29, 1.82) is 0 Å². The zero-order chi connectivity index (χ0) is 19.7. The molecular weight excluding hydrogens is 376 g/mol. The van der Waals surface area contributed by atoms with Gasteiger partial charge in [-0.25, -0.2) is 9.78 Å². The highest BCUT2D eigenvalue weighted by Crippen LogP contribution is 2.33. The van der Waals surface area contributed by atoms with Crippen LogP contribution in [-0.4, -0.2) is 70.8 Å². The first-order chi connectivity index (χ1) is 13.5. The fourth-order valence-electron chi connectivity index (χ4n) is 3.91. The molecule has 0 unspecified atom stereocenters. The van der Waals surface area contributed by atoms with E-state index in [0.717, 1.165) is 29.9 Å². The second-order valence-corrected chi connectivity index (χ2v) is 8.55. The lowest BCUT2D eigenvalue weighted by Crippen LogP contribution is -2.39. The summed E-state index contributed by atoms with van der Waals surface area (Å²) < 4.78 is 1.19. The monoisotopic (exact) mass is 400 g/mol.